The molecule has 61 heavy (non-hydrogen) atoms. The van der Waals surface area contributed by atoms with Crippen molar-refractivity contribution in [1.29, 1.82) is 0 Å². The second-order valence-corrected chi connectivity index (χ2v) is 18.1. The molecule has 13 rings (SSSR count). The second kappa shape index (κ2) is 12.7. The molecule has 0 bridgehead atoms. The van der Waals surface area contributed by atoms with Crippen LogP contribution in [0.4, 0.5) is 11.4 Å². The van der Waals surface area contributed by atoms with Crippen molar-refractivity contribution in [3.8, 4) is 5.69 Å². The Balaban J connectivity index is 0.911. The number of fused-ring (bicyclic) bond motifs is 11. The van der Waals surface area contributed by atoms with Gasteiger partial charge in [-0.25, -0.2) is 0 Å². The summed E-state index contributed by atoms with van der Waals surface area (Å²) in [5.74, 6) is 0.514. The number of hydrogen-bond donors (Lipinski definition) is 0. The molecule has 292 valence electrons. The van der Waals surface area contributed by atoms with Gasteiger partial charge in [0.25, 0.3) is 0 Å². The van der Waals surface area contributed by atoms with E-state index in [1.807, 2.05) is 0 Å². The first-order valence-corrected chi connectivity index (χ1v) is 21.9. The molecule has 0 N–H and O–H groups in total. The van der Waals surface area contributed by atoms with Gasteiger partial charge in [0.2, 0.25) is 0 Å². The number of anilines is 2. The molecular formula is C58H45N3. The normalized spacial score (nSPS) is 20.9. The number of nitrogens with zero attached hydrogens (tertiary/aromatic N) is 3. The molecule has 3 heteroatoms. The smallest absolute Gasteiger partial charge is 0.0630 e. The number of para-hydroxylation sites is 5. The molecule has 0 radical (unpaired) electrons. The number of allylic oxidation sites excluding steroid dienone is 6. The standard InChI is InChI=1S/C58H45N3/c1-36-32-38(26-30-50(36)60-53-21-11-6-16-44(53)45-17-7-12-22-54(45)60)40-34-47-46-33-39(27-31-55(46)61-56-23-13-8-18-48(56)58(2,3)49(35-40)57(47)61)37-24-28-41(29-25-37)59-51-19-9-4-14-42(51)43-15-5-10-20-52(43)59/h4-36,46,50,55H,1-3H3. The van der Waals surface area contributed by atoms with Crippen LogP contribution in [0.1, 0.15) is 60.5 Å². The summed E-state index contributed by atoms with van der Waals surface area (Å²) in [6.45, 7) is 7.24. The molecule has 4 aliphatic rings. The second-order valence-electron chi connectivity index (χ2n) is 18.1. The van der Waals surface area contributed by atoms with E-state index in [9.17, 15) is 0 Å². The summed E-state index contributed by atoms with van der Waals surface area (Å²) in [5.41, 5.74) is 18.2. The zero-order valence-electron chi connectivity index (χ0n) is 34.6. The van der Waals surface area contributed by atoms with Gasteiger partial charge < -0.3 is 14.0 Å². The third-order valence-electron chi connectivity index (χ3n) is 14.5. The van der Waals surface area contributed by atoms with Crippen molar-refractivity contribution in [3.63, 3.8) is 0 Å². The zero-order chi connectivity index (χ0) is 40.6. The lowest BCUT2D eigenvalue weighted by Gasteiger charge is -2.42. The quantitative estimate of drug-likeness (QED) is 0.173. The topological polar surface area (TPSA) is 13.1 Å². The van der Waals surface area contributed by atoms with Crippen LogP contribution >= 0.6 is 0 Å². The summed E-state index contributed by atoms with van der Waals surface area (Å²) in [5, 5.41) is 5.21. The third kappa shape index (κ3) is 4.86. The minimum absolute atomic E-state index is 0.157. The number of hydrogen-bond acceptors (Lipinski definition) is 1. The highest BCUT2D eigenvalue weighted by atomic mass is 15.2. The Morgan fingerprint density at radius 1 is 0.492 bits per heavy atom. The molecule has 0 fully saturated rings. The van der Waals surface area contributed by atoms with E-state index in [1.165, 1.54) is 99.6 Å². The first-order chi connectivity index (χ1) is 29.9. The van der Waals surface area contributed by atoms with Crippen LogP contribution in [-0.4, -0.2) is 15.2 Å². The molecule has 2 aliphatic heterocycles. The van der Waals surface area contributed by atoms with E-state index in [0.717, 1.165) is 0 Å². The average Bonchev–Trinajstić information content (AvgIpc) is 3.94. The molecule has 3 nitrogen and oxygen atoms in total. The van der Waals surface area contributed by atoms with Gasteiger partial charge in [-0.2, -0.15) is 0 Å². The SMILES string of the molecule is CC1C=C(c2cc3c4c(c2)C(C)(C)c2ccccc2N4C2C=CC(c4ccc(-n5c6ccccc6c6ccccc65)cc4)=CC32)C=CC1n1c2ccccc2c2ccccc21. The average molecular weight is 784 g/mol. The first-order valence-electron chi connectivity index (χ1n) is 21.9. The lowest BCUT2D eigenvalue weighted by molar-refractivity contribution is 0.511. The van der Waals surface area contributed by atoms with Crippen LogP contribution in [0.25, 0.3) is 60.4 Å². The summed E-state index contributed by atoms with van der Waals surface area (Å²) < 4.78 is 4.96. The molecule has 0 amide bonds. The predicted octanol–water partition coefficient (Wildman–Crippen LogP) is 14.6. The Morgan fingerprint density at radius 3 is 1.67 bits per heavy atom. The fourth-order valence-corrected chi connectivity index (χ4v) is 11.6. The molecular weight excluding hydrogens is 739 g/mol. The minimum Gasteiger partial charge on any atom is -0.333 e. The van der Waals surface area contributed by atoms with Gasteiger partial charge in [0.05, 0.1) is 23.1 Å². The maximum atomic E-state index is 2.65. The van der Waals surface area contributed by atoms with E-state index < -0.39 is 0 Å². The van der Waals surface area contributed by atoms with Gasteiger partial charge >= 0.3 is 0 Å². The fourth-order valence-electron chi connectivity index (χ4n) is 11.6. The lowest BCUT2D eigenvalue weighted by atomic mass is 9.72. The monoisotopic (exact) mass is 783 g/mol. The van der Waals surface area contributed by atoms with Crippen molar-refractivity contribution in [3.05, 3.63) is 222 Å². The van der Waals surface area contributed by atoms with Crippen molar-refractivity contribution in [2.24, 2.45) is 5.92 Å². The molecule has 0 saturated carbocycles. The Kier molecular flexibility index (Phi) is 7.23. The summed E-state index contributed by atoms with van der Waals surface area (Å²) >= 11 is 0. The van der Waals surface area contributed by atoms with E-state index in [2.05, 4.69) is 229 Å². The van der Waals surface area contributed by atoms with Gasteiger partial charge in [0.1, 0.15) is 0 Å². The van der Waals surface area contributed by atoms with E-state index >= 15 is 0 Å². The maximum absolute atomic E-state index is 2.65. The van der Waals surface area contributed by atoms with Crippen molar-refractivity contribution >= 4 is 66.1 Å². The fraction of sp³-hybridized carbons (Fsp3) is 0.138. The Hall–Kier alpha value is -7.10. The third-order valence-corrected chi connectivity index (χ3v) is 14.5. The highest BCUT2D eigenvalue weighted by molar-refractivity contribution is 6.10. The van der Waals surface area contributed by atoms with Gasteiger partial charge in [-0.15, -0.1) is 0 Å². The van der Waals surface area contributed by atoms with Crippen LogP contribution < -0.4 is 4.90 Å². The molecule has 0 spiro atoms. The Bertz CT molecular complexity index is 3330. The van der Waals surface area contributed by atoms with Crippen LogP contribution in [0, 0.1) is 5.92 Å². The van der Waals surface area contributed by atoms with Crippen molar-refractivity contribution < 1.29 is 0 Å². The predicted molar refractivity (Wildman–Crippen MR) is 256 cm³/mol. The van der Waals surface area contributed by atoms with E-state index in [1.54, 1.807) is 0 Å². The summed E-state index contributed by atoms with van der Waals surface area (Å²) in [6, 6.07) is 59.0. The van der Waals surface area contributed by atoms with Crippen LogP contribution in [0.15, 0.2) is 194 Å². The van der Waals surface area contributed by atoms with E-state index in [4.69, 9.17) is 0 Å². The molecule has 4 atom stereocenters. The highest BCUT2D eigenvalue weighted by Gasteiger charge is 2.47. The van der Waals surface area contributed by atoms with E-state index in [-0.39, 0.29) is 23.4 Å². The Morgan fingerprint density at radius 2 is 1.03 bits per heavy atom. The number of benzene rings is 7. The Labute approximate surface area is 356 Å². The summed E-state index contributed by atoms with van der Waals surface area (Å²) in [6.07, 6.45) is 14.8. The molecule has 2 aliphatic carbocycles. The van der Waals surface area contributed by atoms with Crippen LogP contribution in [0.2, 0.25) is 0 Å². The van der Waals surface area contributed by atoms with Crippen LogP contribution in [0.3, 0.4) is 0 Å². The van der Waals surface area contributed by atoms with Gasteiger partial charge in [-0.1, -0.05) is 160 Å². The molecule has 0 saturated heterocycles. The van der Waals surface area contributed by atoms with Gasteiger partial charge in [0, 0.05) is 61.0 Å². The number of aromatic nitrogens is 2. The minimum atomic E-state index is -0.157. The highest BCUT2D eigenvalue weighted by Crippen LogP contribution is 2.59. The zero-order valence-corrected chi connectivity index (χ0v) is 34.6. The summed E-state index contributed by atoms with van der Waals surface area (Å²) in [7, 11) is 0. The molecule has 2 aromatic heterocycles. The molecule has 4 heterocycles. The van der Waals surface area contributed by atoms with E-state index in [0.29, 0.717) is 5.92 Å². The largest absolute Gasteiger partial charge is 0.333 e. The summed E-state index contributed by atoms with van der Waals surface area (Å²) in [4.78, 5) is 2.65. The number of rotatable bonds is 4. The first kappa shape index (κ1) is 34.7. The van der Waals surface area contributed by atoms with Gasteiger partial charge in [0.15, 0.2) is 0 Å². The van der Waals surface area contributed by atoms with Gasteiger partial charge in [-0.3, -0.25) is 0 Å². The molecule has 7 aromatic carbocycles. The lowest BCUT2D eigenvalue weighted by Crippen LogP contribution is -2.36. The van der Waals surface area contributed by atoms with Crippen molar-refractivity contribution in [2.45, 2.75) is 44.2 Å². The molecule has 9 aromatic rings. The van der Waals surface area contributed by atoms with Crippen LogP contribution in [0.5, 0.6) is 0 Å². The van der Waals surface area contributed by atoms with Crippen molar-refractivity contribution in [2.75, 3.05) is 4.90 Å². The molecule has 4 unspecified atom stereocenters. The van der Waals surface area contributed by atoms with Crippen LogP contribution in [-0.2, 0) is 5.41 Å². The maximum Gasteiger partial charge on any atom is 0.0630 e. The van der Waals surface area contributed by atoms with Crippen molar-refractivity contribution in [1.82, 2.24) is 9.13 Å². The van der Waals surface area contributed by atoms with Gasteiger partial charge in [-0.05, 0) is 99.5 Å².